The molecule has 1 atom stereocenters. The average Bonchev–Trinajstić information content (AvgIpc) is 3.24. The zero-order chi connectivity index (χ0) is 20.2. The lowest BCUT2D eigenvalue weighted by molar-refractivity contribution is 0.0778. The van der Waals surface area contributed by atoms with E-state index in [1.807, 2.05) is 60.7 Å². The van der Waals surface area contributed by atoms with Crippen molar-refractivity contribution in [2.75, 3.05) is 12.8 Å². The molecule has 29 heavy (non-hydrogen) atoms. The molecule has 3 aromatic rings. The Balaban J connectivity index is 1.50. The molecular formula is C23H20N2O3S. The number of para-hydroxylation sites is 1. The highest BCUT2D eigenvalue weighted by molar-refractivity contribution is 7.84. The van der Waals surface area contributed by atoms with Gasteiger partial charge in [0.05, 0.1) is 12.3 Å². The number of carbonyl (C=O) groups excluding carboxylic acids is 1. The molecule has 3 aromatic carbocycles. The van der Waals surface area contributed by atoms with Crippen LogP contribution in [0, 0.1) is 0 Å². The van der Waals surface area contributed by atoms with Gasteiger partial charge in [-0.25, -0.2) is 5.01 Å². The lowest BCUT2D eigenvalue weighted by Gasteiger charge is -2.12. The van der Waals surface area contributed by atoms with Gasteiger partial charge in [0.2, 0.25) is 0 Å². The minimum Gasteiger partial charge on any atom is -0.457 e. The molecule has 0 N–H and O–H groups in total. The van der Waals surface area contributed by atoms with Crippen molar-refractivity contribution in [1.29, 1.82) is 0 Å². The maximum atomic E-state index is 12.9. The summed E-state index contributed by atoms with van der Waals surface area (Å²) in [4.78, 5) is 13.7. The van der Waals surface area contributed by atoms with Gasteiger partial charge in [0, 0.05) is 33.9 Å². The third-order valence-corrected chi connectivity index (χ3v) is 5.55. The number of rotatable bonds is 5. The van der Waals surface area contributed by atoms with E-state index in [1.54, 1.807) is 24.5 Å². The number of benzene rings is 3. The summed E-state index contributed by atoms with van der Waals surface area (Å²) >= 11 is 0. The maximum Gasteiger partial charge on any atom is 0.274 e. The van der Waals surface area contributed by atoms with Crippen molar-refractivity contribution < 1.29 is 13.7 Å². The van der Waals surface area contributed by atoms with Gasteiger partial charge < -0.3 is 4.74 Å². The summed E-state index contributed by atoms with van der Waals surface area (Å²) in [5.74, 6) is 1.16. The van der Waals surface area contributed by atoms with E-state index >= 15 is 0 Å². The van der Waals surface area contributed by atoms with Gasteiger partial charge in [0.1, 0.15) is 11.5 Å². The highest BCUT2D eigenvalue weighted by Crippen LogP contribution is 2.24. The topological polar surface area (TPSA) is 59.0 Å². The van der Waals surface area contributed by atoms with Crippen LogP contribution in [-0.4, -0.2) is 33.6 Å². The van der Waals surface area contributed by atoms with Crippen LogP contribution in [0.4, 0.5) is 0 Å². The molecule has 4 rings (SSSR count). The van der Waals surface area contributed by atoms with Crippen molar-refractivity contribution in [3.05, 3.63) is 90.0 Å². The molecule has 1 aliphatic rings. The molecule has 0 saturated carbocycles. The molecule has 6 heteroatoms. The fourth-order valence-corrected chi connectivity index (χ4v) is 3.63. The molecule has 0 bridgehead atoms. The van der Waals surface area contributed by atoms with Crippen molar-refractivity contribution in [3.8, 4) is 11.5 Å². The van der Waals surface area contributed by atoms with E-state index in [0.717, 1.165) is 21.9 Å². The van der Waals surface area contributed by atoms with E-state index in [1.165, 1.54) is 5.01 Å². The summed E-state index contributed by atoms with van der Waals surface area (Å²) in [6, 6.07) is 24.0. The molecule has 1 amide bonds. The number of hydrogen-bond donors (Lipinski definition) is 0. The molecule has 0 aromatic heterocycles. The first kappa shape index (κ1) is 19.1. The highest BCUT2D eigenvalue weighted by atomic mass is 32.2. The Hall–Kier alpha value is -3.25. The van der Waals surface area contributed by atoms with Crippen molar-refractivity contribution in [3.63, 3.8) is 0 Å². The van der Waals surface area contributed by atoms with Crippen molar-refractivity contribution in [1.82, 2.24) is 5.01 Å². The molecule has 1 aliphatic heterocycles. The van der Waals surface area contributed by atoms with Gasteiger partial charge in [0.25, 0.3) is 5.91 Å². The van der Waals surface area contributed by atoms with Gasteiger partial charge in [-0.15, -0.1) is 0 Å². The summed E-state index contributed by atoms with van der Waals surface area (Å²) in [7, 11) is -1.01. The van der Waals surface area contributed by atoms with Crippen LogP contribution in [0.2, 0.25) is 0 Å². The molecule has 1 heterocycles. The van der Waals surface area contributed by atoms with Crippen LogP contribution in [0.3, 0.4) is 0 Å². The van der Waals surface area contributed by atoms with Crippen LogP contribution in [0.15, 0.2) is 88.9 Å². The normalized spacial score (nSPS) is 14.4. The van der Waals surface area contributed by atoms with E-state index in [0.29, 0.717) is 24.3 Å². The molecule has 0 aliphatic carbocycles. The van der Waals surface area contributed by atoms with Crippen LogP contribution in [0.25, 0.3) is 0 Å². The summed E-state index contributed by atoms with van der Waals surface area (Å²) in [6.07, 6.45) is 2.33. The van der Waals surface area contributed by atoms with Crippen LogP contribution < -0.4 is 4.74 Å². The van der Waals surface area contributed by atoms with Gasteiger partial charge in [-0.2, -0.15) is 5.10 Å². The quantitative estimate of drug-likeness (QED) is 0.631. The molecule has 0 saturated heterocycles. The molecule has 5 nitrogen and oxygen atoms in total. The highest BCUT2D eigenvalue weighted by Gasteiger charge is 2.23. The molecular weight excluding hydrogens is 384 g/mol. The van der Waals surface area contributed by atoms with E-state index in [-0.39, 0.29) is 5.91 Å². The third kappa shape index (κ3) is 4.43. The van der Waals surface area contributed by atoms with Gasteiger partial charge >= 0.3 is 0 Å². The van der Waals surface area contributed by atoms with Crippen LogP contribution >= 0.6 is 0 Å². The van der Waals surface area contributed by atoms with Gasteiger partial charge in [-0.05, 0) is 48.0 Å². The zero-order valence-electron chi connectivity index (χ0n) is 15.9. The third-order valence-electron chi connectivity index (χ3n) is 4.62. The lowest BCUT2D eigenvalue weighted by atomic mass is 10.1. The number of nitrogens with zero attached hydrogens (tertiary/aromatic N) is 2. The van der Waals surface area contributed by atoms with Crippen molar-refractivity contribution in [2.45, 2.75) is 11.3 Å². The second-order valence-electron chi connectivity index (χ2n) is 6.65. The number of amides is 1. The molecule has 0 fully saturated rings. The minimum atomic E-state index is -1.01. The number of hydrazone groups is 1. The standard InChI is InChI=1S/C23H20N2O3S/c1-29(27)21-12-10-17(11-13-21)22-14-15-25(24-22)23(26)18-6-5-9-20(16-18)28-19-7-3-2-4-8-19/h2-13,16H,14-15H2,1H3. The molecule has 0 radical (unpaired) electrons. The largest absolute Gasteiger partial charge is 0.457 e. The maximum absolute atomic E-state index is 12.9. The van der Waals surface area contributed by atoms with Gasteiger partial charge in [-0.3, -0.25) is 9.00 Å². The SMILES string of the molecule is CS(=O)c1ccc(C2=NN(C(=O)c3cccc(Oc4ccccc4)c3)CC2)cc1. The summed E-state index contributed by atoms with van der Waals surface area (Å²) in [6.45, 7) is 0.527. The monoisotopic (exact) mass is 404 g/mol. The van der Waals surface area contributed by atoms with Crippen LogP contribution in [0.5, 0.6) is 11.5 Å². The van der Waals surface area contributed by atoms with Crippen molar-refractivity contribution >= 4 is 22.4 Å². The Morgan fingerprint density at radius 3 is 2.41 bits per heavy atom. The number of ether oxygens (including phenoxy) is 1. The molecule has 1 unspecified atom stereocenters. The first-order valence-electron chi connectivity index (χ1n) is 9.26. The van der Waals surface area contributed by atoms with Gasteiger partial charge in [0.15, 0.2) is 0 Å². The summed E-state index contributed by atoms with van der Waals surface area (Å²) in [5.41, 5.74) is 2.32. The van der Waals surface area contributed by atoms with Crippen LogP contribution in [-0.2, 0) is 10.8 Å². The van der Waals surface area contributed by atoms with Crippen LogP contribution in [0.1, 0.15) is 22.3 Å². The zero-order valence-corrected chi connectivity index (χ0v) is 16.8. The van der Waals surface area contributed by atoms with E-state index in [2.05, 4.69) is 5.10 Å². The molecule has 0 spiro atoms. The average molecular weight is 404 g/mol. The lowest BCUT2D eigenvalue weighted by Crippen LogP contribution is -2.23. The predicted molar refractivity (Wildman–Crippen MR) is 114 cm³/mol. The Bertz CT molecular complexity index is 1080. The Labute approximate surface area is 172 Å². The van der Waals surface area contributed by atoms with E-state index < -0.39 is 10.8 Å². The Morgan fingerprint density at radius 2 is 1.69 bits per heavy atom. The number of carbonyl (C=O) groups is 1. The first-order valence-corrected chi connectivity index (χ1v) is 10.8. The smallest absolute Gasteiger partial charge is 0.274 e. The first-order chi connectivity index (χ1) is 14.1. The number of hydrogen-bond acceptors (Lipinski definition) is 4. The fraction of sp³-hybridized carbons (Fsp3) is 0.130. The van der Waals surface area contributed by atoms with E-state index in [9.17, 15) is 9.00 Å². The summed E-state index contributed by atoms with van der Waals surface area (Å²) in [5, 5.41) is 6.00. The van der Waals surface area contributed by atoms with Crippen molar-refractivity contribution in [2.24, 2.45) is 5.10 Å². The van der Waals surface area contributed by atoms with Gasteiger partial charge in [-0.1, -0.05) is 36.4 Å². The Morgan fingerprint density at radius 1 is 0.966 bits per heavy atom. The predicted octanol–water partition coefficient (Wildman–Crippen LogP) is 4.47. The minimum absolute atomic E-state index is 0.162. The second-order valence-corrected chi connectivity index (χ2v) is 8.03. The van der Waals surface area contributed by atoms with E-state index in [4.69, 9.17) is 4.74 Å². The fourth-order valence-electron chi connectivity index (χ4n) is 3.11. The second kappa shape index (κ2) is 8.41. The Kier molecular flexibility index (Phi) is 5.53. The summed E-state index contributed by atoms with van der Waals surface area (Å²) < 4.78 is 17.4. The molecule has 146 valence electrons.